The molecule has 0 aliphatic heterocycles. The van der Waals surface area contributed by atoms with E-state index in [4.69, 9.17) is 20.0 Å². The number of aryl methyl sites for hydroxylation is 2. The largest absolute Gasteiger partial charge is 0.466 e. The molecular formula is C26H26N6O4. The molecule has 2 aromatic heterocycles. The van der Waals surface area contributed by atoms with E-state index in [0.29, 0.717) is 37.4 Å². The van der Waals surface area contributed by atoms with Gasteiger partial charge in [0.05, 0.1) is 79.6 Å². The molecule has 0 fully saturated rings. The number of nitriles is 2. The lowest BCUT2D eigenvalue weighted by Gasteiger charge is -2.03. The summed E-state index contributed by atoms with van der Waals surface area (Å²) in [5.41, 5.74) is 2.81. The molecule has 0 saturated heterocycles. The Hall–Kier alpha value is -4.70. The normalized spacial score (nSPS) is 10.2. The lowest BCUT2D eigenvalue weighted by molar-refractivity contribution is -0.144. The topological polar surface area (TPSA) is 136 Å². The van der Waals surface area contributed by atoms with Crippen LogP contribution in [-0.2, 0) is 32.2 Å². The second kappa shape index (κ2) is 12.7. The predicted molar refractivity (Wildman–Crippen MR) is 131 cm³/mol. The molecule has 2 aromatic carbocycles. The van der Waals surface area contributed by atoms with Crippen LogP contribution in [0.2, 0.25) is 0 Å². The minimum Gasteiger partial charge on any atom is -0.466 e. The van der Waals surface area contributed by atoms with Crippen molar-refractivity contribution >= 4 is 33.7 Å². The van der Waals surface area contributed by atoms with Crippen LogP contribution >= 0.6 is 0 Å². The van der Waals surface area contributed by atoms with E-state index in [-0.39, 0.29) is 24.8 Å². The zero-order valence-corrected chi connectivity index (χ0v) is 20.2. The molecule has 4 aromatic rings. The number of benzene rings is 2. The first-order chi connectivity index (χ1) is 17.5. The van der Waals surface area contributed by atoms with E-state index in [2.05, 4.69) is 22.3 Å². The van der Waals surface area contributed by atoms with Gasteiger partial charge in [0, 0.05) is 17.0 Å². The van der Waals surface area contributed by atoms with Crippen molar-refractivity contribution in [3.05, 3.63) is 59.9 Å². The Kier molecular flexibility index (Phi) is 9.12. The second-order valence-corrected chi connectivity index (χ2v) is 7.57. The molecule has 0 bridgehead atoms. The molecule has 0 aliphatic rings. The highest BCUT2D eigenvalue weighted by Gasteiger charge is 2.09. The molecule has 0 saturated carbocycles. The van der Waals surface area contributed by atoms with Crippen LogP contribution in [0.25, 0.3) is 21.8 Å². The zero-order chi connectivity index (χ0) is 25.9. The van der Waals surface area contributed by atoms with Crippen LogP contribution in [0.4, 0.5) is 0 Å². The first-order valence-corrected chi connectivity index (χ1v) is 11.5. The molecule has 10 heteroatoms. The zero-order valence-electron chi connectivity index (χ0n) is 20.2. The minimum absolute atomic E-state index is 0.238. The average molecular weight is 487 g/mol. The monoisotopic (exact) mass is 486 g/mol. The summed E-state index contributed by atoms with van der Waals surface area (Å²) in [5.74, 6) is -0.477. The summed E-state index contributed by atoms with van der Waals surface area (Å²) in [6, 6.07) is 15.1. The number of carbonyl (C=O) groups is 2. The summed E-state index contributed by atoms with van der Waals surface area (Å²) in [6.45, 7) is 5.24. The fourth-order valence-electron chi connectivity index (χ4n) is 3.55. The Bertz CT molecular complexity index is 1420. The highest BCUT2D eigenvalue weighted by Crippen LogP contribution is 2.18. The summed E-state index contributed by atoms with van der Waals surface area (Å²) >= 11 is 0. The Morgan fingerprint density at radius 2 is 1.50 bits per heavy atom. The van der Waals surface area contributed by atoms with Crippen molar-refractivity contribution in [1.29, 1.82) is 10.5 Å². The molecule has 0 radical (unpaired) electrons. The first kappa shape index (κ1) is 25.9. The number of fused-ring (bicyclic) bond motifs is 2. The quantitative estimate of drug-likeness (QED) is 0.344. The Labute approximate surface area is 208 Å². The molecule has 0 amide bonds. The van der Waals surface area contributed by atoms with Crippen LogP contribution in [0, 0.1) is 22.7 Å². The van der Waals surface area contributed by atoms with Crippen molar-refractivity contribution in [3.63, 3.8) is 0 Å². The second-order valence-electron chi connectivity index (χ2n) is 7.57. The molecule has 184 valence electrons. The van der Waals surface area contributed by atoms with Gasteiger partial charge < -0.3 is 9.47 Å². The van der Waals surface area contributed by atoms with Gasteiger partial charge in [-0.3, -0.25) is 19.0 Å². The van der Waals surface area contributed by atoms with E-state index >= 15 is 0 Å². The third kappa shape index (κ3) is 6.45. The van der Waals surface area contributed by atoms with E-state index in [1.54, 1.807) is 53.8 Å². The lowest BCUT2D eigenvalue weighted by atomic mass is 10.1. The number of esters is 2. The minimum atomic E-state index is -0.238. The third-order valence-electron chi connectivity index (χ3n) is 5.21. The Morgan fingerprint density at radius 1 is 0.889 bits per heavy atom. The van der Waals surface area contributed by atoms with E-state index < -0.39 is 0 Å². The Balaban J connectivity index is 0.000000201. The molecule has 36 heavy (non-hydrogen) atoms. The molecule has 10 nitrogen and oxygen atoms in total. The SMILES string of the molecule is CCOC(=O)CCn1cc2c(C#N)cccc2n1.CCOC(=O)CCn1ncc2c(C#N)cccc21. The van der Waals surface area contributed by atoms with Crippen LogP contribution < -0.4 is 0 Å². The Morgan fingerprint density at radius 3 is 2.14 bits per heavy atom. The van der Waals surface area contributed by atoms with Crippen molar-refractivity contribution in [2.24, 2.45) is 0 Å². The van der Waals surface area contributed by atoms with Gasteiger partial charge in [-0.25, -0.2) is 0 Å². The maximum Gasteiger partial charge on any atom is 0.307 e. The third-order valence-corrected chi connectivity index (χ3v) is 5.21. The van der Waals surface area contributed by atoms with Gasteiger partial charge in [-0.2, -0.15) is 20.7 Å². The fourth-order valence-corrected chi connectivity index (χ4v) is 3.55. The lowest BCUT2D eigenvalue weighted by Crippen LogP contribution is -2.09. The van der Waals surface area contributed by atoms with E-state index in [0.717, 1.165) is 21.8 Å². The first-order valence-electron chi connectivity index (χ1n) is 11.5. The van der Waals surface area contributed by atoms with Gasteiger partial charge in [0.2, 0.25) is 0 Å². The summed E-state index contributed by atoms with van der Waals surface area (Å²) in [4.78, 5) is 22.5. The molecule has 0 spiro atoms. The molecule has 4 rings (SSSR count). The maximum absolute atomic E-state index is 11.3. The van der Waals surface area contributed by atoms with Gasteiger partial charge in [-0.1, -0.05) is 12.1 Å². The number of hydrogen-bond donors (Lipinski definition) is 0. The van der Waals surface area contributed by atoms with Gasteiger partial charge in [-0.05, 0) is 38.1 Å². The van der Waals surface area contributed by atoms with Gasteiger partial charge in [0.1, 0.15) is 0 Å². The molecular weight excluding hydrogens is 460 g/mol. The van der Waals surface area contributed by atoms with Crippen molar-refractivity contribution < 1.29 is 19.1 Å². The molecule has 0 aliphatic carbocycles. The van der Waals surface area contributed by atoms with E-state index in [1.165, 1.54) is 0 Å². The predicted octanol–water partition coefficient (Wildman–Crippen LogP) is 3.72. The van der Waals surface area contributed by atoms with Gasteiger partial charge >= 0.3 is 11.9 Å². The summed E-state index contributed by atoms with van der Waals surface area (Å²) < 4.78 is 13.1. The summed E-state index contributed by atoms with van der Waals surface area (Å²) in [6.07, 6.45) is 4.00. The van der Waals surface area contributed by atoms with Crippen molar-refractivity contribution in [2.75, 3.05) is 13.2 Å². The number of hydrogen-bond acceptors (Lipinski definition) is 8. The number of nitrogens with zero attached hydrogens (tertiary/aromatic N) is 6. The highest BCUT2D eigenvalue weighted by molar-refractivity contribution is 5.85. The smallest absolute Gasteiger partial charge is 0.307 e. The van der Waals surface area contributed by atoms with Gasteiger partial charge in [0.25, 0.3) is 0 Å². The van der Waals surface area contributed by atoms with Crippen LogP contribution in [-0.4, -0.2) is 44.7 Å². The van der Waals surface area contributed by atoms with Crippen LogP contribution in [0.15, 0.2) is 48.8 Å². The average Bonchev–Trinajstić information content (AvgIpc) is 3.50. The van der Waals surface area contributed by atoms with Crippen LogP contribution in [0.5, 0.6) is 0 Å². The molecule has 0 N–H and O–H groups in total. The molecule has 2 heterocycles. The van der Waals surface area contributed by atoms with Gasteiger partial charge in [-0.15, -0.1) is 0 Å². The summed E-state index contributed by atoms with van der Waals surface area (Å²) in [7, 11) is 0. The molecule has 0 unspecified atom stereocenters. The molecule has 0 atom stereocenters. The van der Waals surface area contributed by atoms with Crippen molar-refractivity contribution in [3.8, 4) is 12.1 Å². The number of aromatic nitrogens is 4. The van der Waals surface area contributed by atoms with E-state index in [9.17, 15) is 9.59 Å². The standard InChI is InChI=1S/2C13H13N3O2/c1-2-18-13(17)6-7-16-9-11-10(8-14)4-3-5-12(11)15-16;1-2-18-13(17)6-7-16-12-5-3-4-10(8-14)11(12)9-15-16/h2*3-5,9H,2,6-7H2,1H3. The van der Waals surface area contributed by atoms with Crippen molar-refractivity contribution in [1.82, 2.24) is 19.6 Å². The van der Waals surface area contributed by atoms with Crippen molar-refractivity contribution in [2.45, 2.75) is 39.8 Å². The summed E-state index contributed by atoms with van der Waals surface area (Å²) in [5, 5.41) is 28.1. The highest BCUT2D eigenvalue weighted by atomic mass is 16.5. The fraction of sp³-hybridized carbons (Fsp3) is 0.308. The maximum atomic E-state index is 11.3. The van der Waals surface area contributed by atoms with Gasteiger partial charge in [0.15, 0.2) is 0 Å². The number of rotatable bonds is 8. The number of carbonyl (C=O) groups excluding carboxylic acids is 2. The van der Waals surface area contributed by atoms with E-state index in [1.807, 2.05) is 18.2 Å². The van der Waals surface area contributed by atoms with Crippen LogP contribution in [0.3, 0.4) is 0 Å². The van der Waals surface area contributed by atoms with Crippen LogP contribution in [0.1, 0.15) is 37.8 Å². The number of ether oxygens (including phenoxy) is 2.